The average Bonchev–Trinajstić information content (AvgIpc) is 2.66. The highest BCUT2D eigenvalue weighted by molar-refractivity contribution is 7.15. The molecule has 5 nitrogen and oxygen atoms in total. The lowest BCUT2D eigenvalue weighted by molar-refractivity contribution is -0.114. The first-order chi connectivity index (χ1) is 7.74. The van der Waals surface area contributed by atoms with E-state index in [1.165, 1.54) is 37.5 Å². The molecule has 0 spiro atoms. The Kier molecular flexibility index (Phi) is 3.84. The van der Waals surface area contributed by atoms with Gasteiger partial charge in [-0.05, 0) is 25.9 Å². The summed E-state index contributed by atoms with van der Waals surface area (Å²) in [6.45, 7) is 4.63. The Morgan fingerprint density at radius 2 is 2.12 bits per heavy atom. The molecule has 1 N–H and O–H groups in total. The monoisotopic (exact) mass is 240 g/mol. The van der Waals surface area contributed by atoms with Crippen LogP contribution in [0.3, 0.4) is 0 Å². The number of carbonyl (C=O) groups is 1. The molecular weight excluding hydrogens is 224 g/mol. The molecule has 1 amide bonds. The molecular formula is C10H16N4OS. The van der Waals surface area contributed by atoms with Crippen LogP contribution in [0.1, 0.15) is 31.2 Å². The first-order valence-electron chi connectivity index (χ1n) is 5.56. The zero-order valence-electron chi connectivity index (χ0n) is 9.40. The summed E-state index contributed by atoms with van der Waals surface area (Å²) in [6, 6.07) is 0. The van der Waals surface area contributed by atoms with Gasteiger partial charge >= 0.3 is 0 Å². The minimum atomic E-state index is -0.0966. The number of hydrogen-bond donors (Lipinski definition) is 1. The summed E-state index contributed by atoms with van der Waals surface area (Å²) in [4.78, 5) is 13.2. The van der Waals surface area contributed by atoms with E-state index in [1.54, 1.807) is 0 Å². The van der Waals surface area contributed by atoms with Gasteiger partial charge in [-0.3, -0.25) is 9.69 Å². The predicted molar refractivity (Wildman–Crippen MR) is 63.3 cm³/mol. The second-order valence-electron chi connectivity index (χ2n) is 4.02. The summed E-state index contributed by atoms with van der Waals surface area (Å²) < 4.78 is 0. The normalized spacial score (nSPS) is 17.3. The molecule has 1 aliphatic rings. The summed E-state index contributed by atoms with van der Waals surface area (Å²) in [6.07, 6.45) is 3.89. The number of nitrogens with one attached hydrogen (secondary N) is 1. The molecule has 1 aromatic heterocycles. The number of piperidine rings is 1. The van der Waals surface area contributed by atoms with Crippen molar-refractivity contribution in [3.8, 4) is 0 Å². The van der Waals surface area contributed by atoms with E-state index in [1.807, 2.05) is 0 Å². The lowest BCUT2D eigenvalue weighted by Gasteiger charge is -2.24. The van der Waals surface area contributed by atoms with Gasteiger partial charge in [-0.25, -0.2) is 0 Å². The number of aromatic nitrogens is 2. The van der Waals surface area contributed by atoms with Gasteiger partial charge in [0, 0.05) is 6.92 Å². The second kappa shape index (κ2) is 5.36. The van der Waals surface area contributed by atoms with E-state index in [0.717, 1.165) is 24.6 Å². The molecule has 0 saturated carbocycles. The molecule has 0 unspecified atom stereocenters. The fraction of sp³-hybridized carbons (Fsp3) is 0.700. The third kappa shape index (κ3) is 3.24. The van der Waals surface area contributed by atoms with Gasteiger partial charge in [-0.1, -0.05) is 17.8 Å². The van der Waals surface area contributed by atoms with Gasteiger partial charge < -0.3 is 5.32 Å². The number of amides is 1. The van der Waals surface area contributed by atoms with Crippen molar-refractivity contribution < 1.29 is 4.79 Å². The van der Waals surface area contributed by atoms with Crippen molar-refractivity contribution in [3.63, 3.8) is 0 Å². The fourth-order valence-electron chi connectivity index (χ4n) is 1.83. The number of anilines is 1. The van der Waals surface area contributed by atoms with E-state index < -0.39 is 0 Å². The fourth-order valence-corrected chi connectivity index (χ4v) is 2.66. The van der Waals surface area contributed by atoms with E-state index in [4.69, 9.17) is 0 Å². The maximum Gasteiger partial charge on any atom is 0.223 e. The van der Waals surface area contributed by atoms with Crippen molar-refractivity contribution in [2.24, 2.45) is 0 Å². The van der Waals surface area contributed by atoms with Gasteiger partial charge in [0.05, 0.1) is 6.54 Å². The molecule has 2 rings (SSSR count). The Morgan fingerprint density at radius 1 is 1.38 bits per heavy atom. The molecule has 16 heavy (non-hydrogen) atoms. The van der Waals surface area contributed by atoms with E-state index in [2.05, 4.69) is 20.4 Å². The van der Waals surface area contributed by atoms with Crippen molar-refractivity contribution in [1.29, 1.82) is 0 Å². The molecule has 0 bridgehead atoms. The Bertz CT molecular complexity index is 359. The van der Waals surface area contributed by atoms with Crippen LogP contribution in [0, 0.1) is 0 Å². The van der Waals surface area contributed by atoms with Crippen LogP contribution in [0.5, 0.6) is 0 Å². The summed E-state index contributed by atoms with van der Waals surface area (Å²) in [5.74, 6) is -0.0966. The maximum absolute atomic E-state index is 10.8. The Balaban J connectivity index is 1.88. The summed E-state index contributed by atoms with van der Waals surface area (Å²) in [5.41, 5.74) is 0. The standard InChI is InChI=1S/C10H16N4OS/c1-8(15)11-10-13-12-9(16-10)7-14-5-3-2-4-6-14/h2-7H2,1H3,(H,11,13,15). The molecule has 1 saturated heterocycles. The lowest BCUT2D eigenvalue weighted by Crippen LogP contribution is -2.28. The minimum absolute atomic E-state index is 0.0966. The number of hydrogen-bond acceptors (Lipinski definition) is 5. The van der Waals surface area contributed by atoms with Crippen LogP contribution >= 0.6 is 11.3 Å². The molecule has 2 heterocycles. The van der Waals surface area contributed by atoms with E-state index in [0.29, 0.717) is 5.13 Å². The molecule has 6 heteroatoms. The average molecular weight is 240 g/mol. The van der Waals surface area contributed by atoms with Crippen LogP contribution in [-0.2, 0) is 11.3 Å². The van der Waals surface area contributed by atoms with Gasteiger partial charge in [0.15, 0.2) is 0 Å². The van der Waals surface area contributed by atoms with E-state index >= 15 is 0 Å². The smallest absolute Gasteiger partial charge is 0.223 e. The Hall–Kier alpha value is -1.01. The van der Waals surface area contributed by atoms with Crippen molar-refractivity contribution in [3.05, 3.63) is 5.01 Å². The highest BCUT2D eigenvalue weighted by Crippen LogP contribution is 2.18. The van der Waals surface area contributed by atoms with Gasteiger partial charge in [0.2, 0.25) is 11.0 Å². The van der Waals surface area contributed by atoms with Crippen molar-refractivity contribution >= 4 is 22.4 Å². The Morgan fingerprint density at radius 3 is 2.81 bits per heavy atom. The number of rotatable bonds is 3. The van der Waals surface area contributed by atoms with Crippen molar-refractivity contribution in [1.82, 2.24) is 15.1 Å². The highest BCUT2D eigenvalue weighted by atomic mass is 32.1. The quantitative estimate of drug-likeness (QED) is 0.869. The van der Waals surface area contributed by atoms with Crippen molar-refractivity contribution in [2.75, 3.05) is 18.4 Å². The lowest BCUT2D eigenvalue weighted by atomic mass is 10.1. The number of likely N-dealkylation sites (tertiary alicyclic amines) is 1. The summed E-state index contributed by atoms with van der Waals surface area (Å²) >= 11 is 1.46. The first-order valence-corrected chi connectivity index (χ1v) is 6.38. The Labute approximate surface area is 98.9 Å². The first kappa shape index (κ1) is 11.5. The van der Waals surface area contributed by atoms with Crippen LogP contribution < -0.4 is 5.32 Å². The molecule has 88 valence electrons. The molecule has 1 aliphatic heterocycles. The number of nitrogens with zero attached hydrogens (tertiary/aromatic N) is 3. The molecule has 0 aliphatic carbocycles. The largest absolute Gasteiger partial charge is 0.301 e. The summed E-state index contributed by atoms with van der Waals surface area (Å²) in [5, 5.41) is 12.2. The van der Waals surface area contributed by atoms with Crippen LogP contribution in [0.25, 0.3) is 0 Å². The SMILES string of the molecule is CC(=O)Nc1nnc(CN2CCCCC2)s1. The van der Waals surface area contributed by atoms with Gasteiger partial charge in [0.1, 0.15) is 5.01 Å². The van der Waals surface area contributed by atoms with E-state index in [-0.39, 0.29) is 5.91 Å². The molecule has 1 fully saturated rings. The zero-order chi connectivity index (χ0) is 11.4. The topological polar surface area (TPSA) is 58.1 Å². The third-order valence-corrected chi connectivity index (χ3v) is 3.38. The third-order valence-electron chi connectivity index (χ3n) is 2.56. The second-order valence-corrected chi connectivity index (χ2v) is 5.08. The van der Waals surface area contributed by atoms with Gasteiger partial charge in [-0.15, -0.1) is 10.2 Å². The molecule has 1 aromatic rings. The summed E-state index contributed by atoms with van der Waals surface area (Å²) in [7, 11) is 0. The maximum atomic E-state index is 10.8. The van der Waals surface area contributed by atoms with Crippen LogP contribution in [0.15, 0.2) is 0 Å². The van der Waals surface area contributed by atoms with Gasteiger partial charge in [0.25, 0.3) is 0 Å². The molecule has 0 radical (unpaired) electrons. The highest BCUT2D eigenvalue weighted by Gasteiger charge is 2.13. The molecule has 0 aromatic carbocycles. The van der Waals surface area contributed by atoms with E-state index in [9.17, 15) is 4.79 Å². The predicted octanol–water partition coefficient (Wildman–Crippen LogP) is 1.48. The minimum Gasteiger partial charge on any atom is -0.301 e. The van der Waals surface area contributed by atoms with Crippen molar-refractivity contribution in [2.45, 2.75) is 32.7 Å². The molecule has 0 atom stereocenters. The van der Waals surface area contributed by atoms with Crippen LogP contribution in [0.4, 0.5) is 5.13 Å². The number of carbonyl (C=O) groups excluding carboxylic acids is 1. The van der Waals surface area contributed by atoms with Gasteiger partial charge in [-0.2, -0.15) is 0 Å². The zero-order valence-corrected chi connectivity index (χ0v) is 10.2. The van der Waals surface area contributed by atoms with Crippen LogP contribution in [-0.4, -0.2) is 34.1 Å². The van der Waals surface area contributed by atoms with Crippen LogP contribution in [0.2, 0.25) is 0 Å².